The molecule has 1 aliphatic carbocycles. The molecule has 68 valence electrons. The highest BCUT2D eigenvalue weighted by Crippen LogP contribution is 2.22. The summed E-state index contributed by atoms with van der Waals surface area (Å²) in [5, 5.41) is 8.61. The first-order valence-electron chi connectivity index (χ1n) is 3.64. The lowest BCUT2D eigenvalue weighted by atomic mass is 10.0. The first kappa shape index (κ1) is 9.65. The normalized spacial score (nSPS) is 19.5. The maximum Gasteiger partial charge on any atom is 0.254 e. The Balaban J connectivity index is 3.10. The number of hydrogen-bond donors (Lipinski definition) is 0. The minimum atomic E-state index is -1.42. The third-order valence-corrected chi connectivity index (χ3v) is 1.84. The fourth-order valence-corrected chi connectivity index (χ4v) is 1.08. The van der Waals surface area contributed by atoms with Gasteiger partial charge in [-0.05, 0) is 12.2 Å². The Morgan fingerprint density at radius 3 is 2.46 bits per heavy atom. The molecule has 0 saturated carbocycles. The van der Waals surface area contributed by atoms with Gasteiger partial charge in [0.1, 0.15) is 0 Å². The fourth-order valence-electron chi connectivity index (χ4n) is 1.08. The SMILES string of the molecule is COC1(OC)C=C(C#N)C=CC1=O. The molecule has 0 fully saturated rings. The molecule has 4 nitrogen and oxygen atoms in total. The summed E-state index contributed by atoms with van der Waals surface area (Å²) in [6.45, 7) is 0. The average molecular weight is 179 g/mol. The number of carbonyl (C=O) groups is 1. The highest BCUT2D eigenvalue weighted by Gasteiger charge is 2.37. The molecular weight excluding hydrogens is 170 g/mol. The Kier molecular flexibility index (Phi) is 2.61. The van der Waals surface area contributed by atoms with Crippen molar-refractivity contribution in [3.8, 4) is 6.07 Å². The number of hydrogen-bond acceptors (Lipinski definition) is 4. The maximum absolute atomic E-state index is 11.3. The van der Waals surface area contributed by atoms with Crippen molar-refractivity contribution in [2.75, 3.05) is 14.2 Å². The molecule has 0 saturated heterocycles. The summed E-state index contributed by atoms with van der Waals surface area (Å²) in [4.78, 5) is 11.3. The predicted molar refractivity (Wildman–Crippen MR) is 44.6 cm³/mol. The molecular formula is C9H9NO3. The molecule has 0 radical (unpaired) electrons. The van der Waals surface area contributed by atoms with Crippen molar-refractivity contribution in [3.63, 3.8) is 0 Å². The zero-order valence-electron chi connectivity index (χ0n) is 7.40. The minimum Gasteiger partial charge on any atom is -0.343 e. The van der Waals surface area contributed by atoms with E-state index in [1.807, 2.05) is 6.07 Å². The van der Waals surface area contributed by atoms with Gasteiger partial charge in [-0.25, -0.2) is 0 Å². The van der Waals surface area contributed by atoms with E-state index in [0.717, 1.165) is 0 Å². The molecule has 0 aliphatic heterocycles. The van der Waals surface area contributed by atoms with Gasteiger partial charge in [0, 0.05) is 20.3 Å². The van der Waals surface area contributed by atoms with E-state index in [-0.39, 0.29) is 5.78 Å². The zero-order chi connectivity index (χ0) is 9.90. The third-order valence-electron chi connectivity index (χ3n) is 1.84. The summed E-state index contributed by atoms with van der Waals surface area (Å²) in [5.74, 6) is -1.74. The largest absolute Gasteiger partial charge is 0.343 e. The van der Waals surface area contributed by atoms with Gasteiger partial charge in [-0.2, -0.15) is 5.26 Å². The lowest BCUT2D eigenvalue weighted by Crippen LogP contribution is -2.41. The summed E-state index contributed by atoms with van der Waals surface area (Å²) in [6, 6.07) is 1.91. The van der Waals surface area contributed by atoms with Gasteiger partial charge < -0.3 is 9.47 Å². The van der Waals surface area contributed by atoms with Gasteiger partial charge in [0.15, 0.2) is 0 Å². The number of allylic oxidation sites excluding steroid dienone is 2. The topological polar surface area (TPSA) is 59.3 Å². The molecule has 4 heteroatoms. The lowest BCUT2D eigenvalue weighted by molar-refractivity contribution is -0.181. The Labute approximate surface area is 76.1 Å². The first-order chi connectivity index (χ1) is 6.18. The number of methoxy groups -OCH3 is 2. The molecule has 0 atom stereocenters. The van der Waals surface area contributed by atoms with Crippen molar-refractivity contribution in [2.45, 2.75) is 5.79 Å². The van der Waals surface area contributed by atoms with Crippen LogP contribution in [0.1, 0.15) is 0 Å². The first-order valence-corrected chi connectivity index (χ1v) is 3.64. The van der Waals surface area contributed by atoms with Crippen molar-refractivity contribution in [1.29, 1.82) is 5.26 Å². The van der Waals surface area contributed by atoms with Crippen molar-refractivity contribution < 1.29 is 14.3 Å². The maximum atomic E-state index is 11.3. The molecule has 0 heterocycles. The number of ether oxygens (including phenoxy) is 2. The van der Waals surface area contributed by atoms with E-state index < -0.39 is 5.79 Å². The number of carbonyl (C=O) groups excluding carboxylic acids is 1. The van der Waals surface area contributed by atoms with Crippen LogP contribution in [-0.2, 0) is 14.3 Å². The van der Waals surface area contributed by atoms with Gasteiger partial charge in [0.2, 0.25) is 5.78 Å². The van der Waals surface area contributed by atoms with Crippen LogP contribution in [0.2, 0.25) is 0 Å². The van der Waals surface area contributed by atoms with E-state index in [2.05, 4.69) is 0 Å². The van der Waals surface area contributed by atoms with Crippen LogP contribution in [-0.4, -0.2) is 25.8 Å². The molecule has 1 aliphatic rings. The van der Waals surface area contributed by atoms with E-state index >= 15 is 0 Å². The van der Waals surface area contributed by atoms with E-state index in [4.69, 9.17) is 14.7 Å². The molecule has 0 aromatic carbocycles. The highest BCUT2D eigenvalue weighted by molar-refractivity contribution is 5.99. The molecule has 0 amide bonds. The number of ketones is 1. The van der Waals surface area contributed by atoms with Crippen LogP contribution < -0.4 is 0 Å². The summed E-state index contributed by atoms with van der Waals surface area (Å²) < 4.78 is 9.84. The van der Waals surface area contributed by atoms with Gasteiger partial charge in [-0.3, -0.25) is 4.79 Å². The van der Waals surface area contributed by atoms with Gasteiger partial charge in [0.05, 0.1) is 11.6 Å². The zero-order valence-corrected chi connectivity index (χ0v) is 7.40. The van der Waals surface area contributed by atoms with Gasteiger partial charge >= 0.3 is 0 Å². The number of rotatable bonds is 2. The molecule has 0 spiro atoms. The van der Waals surface area contributed by atoms with Crippen molar-refractivity contribution >= 4 is 5.78 Å². The lowest BCUT2D eigenvalue weighted by Gasteiger charge is -2.26. The van der Waals surface area contributed by atoms with Gasteiger partial charge in [-0.15, -0.1) is 0 Å². The van der Waals surface area contributed by atoms with Crippen molar-refractivity contribution in [3.05, 3.63) is 23.8 Å². The third kappa shape index (κ3) is 1.52. The highest BCUT2D eigenvalue weighted by atomic mass is 16.7. The van der Waals surface area contributed by atoms with Crippen LogP contribution in [0.15, 0.2) is 23.8 Å². The molecule has 0 aromatic rings. The number of nitrogens with zero attached hydrogens (tertiary/aromatic N) is 1. The molecule has 0 unspecified atom stereocenters. The summed E-state index contributed by atoms with van der Waals surface area (Å²) in [5.41, 5.74) is 0.350. The van der Waals surface area contributed by atoms with Crippen LogP contribution in [0.25, 0.3) is 0 Å². The van der Waals surface area contributed by atoms with Gasteiger partial charge in [-0.1, -0.05) is 0 Å². The van der Waals surface area contributed by atoms with Crippen LogP contribution in [0.5, 0.6) is 0 Å². The van der Waals surface area contributed by atoms with E-state index in [1.165, 1.54) is 32.4 Å². The monoisotopic (exact) mass is 179 g/mol. The molecule has 13 heavy (non-hydrogen) atoms. The smallest absolute Gasteiger partial charge is 0.254 e. The van der Waals surface area contributed by atoms with E-state index in [9.17, 15) is 4.79 Å². The summed E-state index contributed by atoms with van der Waals surface area (Å²) >= 11 is 0. The summed E-state index contributed by atoms with van der Waals surface area (Å²) in [6.07, 6.45) is 4.06. The molecule has 0 aromatic heterocycles. The Morgan fingerprint density at radius 1 is 1.38 bits per heavy atom. The van der Waals surface area contributed by atoms with E-state index in [1.54, 1.807) is 0 Å². The second-order valence-corrected chi connectivity index (χ2v) is 2.48. The predicted octanol–water partition coefficient (Wildman–Crippen LogP) is 0.564. The second kappa shape index (κ2) is 3.52. The quantitative estimate of drug-likeness (QED) is 0.581. The second-order valence-electron chi connectivity index (χ2n) is 2.48. The average Bonchev–Trinajstić information content (AvgIpc) is 2.19. The van der Waals surface area contributed by atoms with Crippen LogP contribution >= 0.6 is 0 Å². The Hall–Kier alpha value is -1.44. The Morgan fingerprint density at radius 2 is 2.00 bits per heavy atom. The van der Waals surface area contributed by atoms with Crippen molar-refractivity contribution in [2.24, 2.45) is 0 Å². The van der Waals surface area contributed by atoms with E-state index in [0.29, 0.717) is 5.57 Å². The van der Waals surface area contributed by atoms with Crippen molar-refractivity contribution in [1.82, 2.24) is 0 Å². The molecule has 0 bridgehead atoms. The standard InChI is InChI=1S/C9H9NO3/c1-12-9(13-2)5-7(6-10)3-4-8(9)11/h3-5H,1-2H3. The fraction of sp³-hybridized carbons (Fsp3) is 0.333. The van der Waals surface area contributed by atoms with Crippen LogP contribution in [0.3, 0.4) is 0 Å². The molecule has 1 rings (SSSR count). The van der Waals surface area contributed by atoms with Crippen LogP contribution in [0, 0.1) is 11.3 Å². The molecule has 0 N–H and O–H groups in total. The minimum absolute atomic E-state index is 0.323. The Bertz CT molecular complexity index is 318. The number of nitriles is 1. The van der Waals surface area contributed by atoms with Crippen LogP contribution in [0.4, 0.5) is 0 Å². The van der Waals surface area contributed by atoms with Gasteiger partial charge in [0.25, 0.3) is 5.79 Å². The summed E-state index contributed by atoms with van der Waals surface area (Å²) in [7, 11) is 2.71.